The summed E-state index contributed by atoms with van der Waals surface area (Å²) in [6, 6.07) is 23.0. The molecule has 1 N–H and O–H groups in total. The van der Waals surface area contributed by atoms with Gasteiger partial charge in [0.2, 0.25) is 5.91 Å². The molecule has 34 heavy (non-hydrogen) atoms. The summed E-state index contributed by atoms with van der Waals surface area (Å²) in [4.78, 5) is 32.7. The SMILES string of the molecule is Cc1cc(NC(=O)CSc2nc3sc(-c4ccccc4)cc3c(=O)n2-c2ccccc2)n(C)n1. The second-order valence-electron chi connectivity index (χ2n) is 7.70. The second-order valence-corrected chi connectivity index (χ2v) is 9.67. The Balaban J connectivity index is 1.52. The van der Waals surface area contributed by atoms with Crippen LogP contribution in [0.15, 0.2) is 82.7 Å². The van der Waals surface area contributed by atoms with Crippen molar-refractivity contribution in [3.05, 3.63) is 88.8 Å². The van der Waals surface area contributed by atoms with Gasteiger partial charge in [0, 0.05) is 18.0 Å². The molecule has 0 aliphatic rings. The van der Waals surface area contributed by atoms with Crippen LogP contribution in [-0.2, 0) is 11.8 Å². The van der Waals surface area contributed by atoms with E-state index in [1.54, 1.807) is 16.3 Å². The van der Waals surface area contributed by atoms with Crippen molar-refractivity contribution in [2.75, 3.05) is 11.1 Å². The number of fused-ring (bicyclic) bond motifs is 1. The van der Waals surface area contributed by atoms with E-state index < -0.39 is 0 Å². The van der Waals surface area contributed by atoms with Gasteiger partial charge in [-0.3, -0.25) is 18.8 Å². The molecule has 0 bridgehead atoms. The van der Waals surface area contributed by atoms with Crippen LogP contribution in [0.4, 0.5) is 5.82 Å². The highest BCUT2D eigenvalue weighted by Crippen LogP contribution is 2.32. The van der Waals surface area contributed by atoms with Crippen molar-refractivity contribution in [3.8, 4) is 16.1 Å². The maximum Gasteiger partial charge on any atom is 0.267 e. The van der Waals surface area contributed by atoms with Crippen molar-refractivity contribution < 1.29 is 4.79 Å². The summed E-state index contributed by atoms with van der Waals surface area (Å²) < 4.78 is 3.20. The predicted octanol–water partition coefficient (Wildman–Crippen LogP) is 4.89. The minimum absolute atomic E-state index is 0.103. The van der Waals surface area contributed by atoms with E-state index in [-0.39, 0.29) is 17.2 Å². The largest absolute Gasteiger partial charge is 0.310 e. The Morgan fingerprint density at radius 1 is 1.06 bits per heavy atom. The van der Waals surface area contributed by atoms with Gasteiger partial charge in [0.1, 0.15) is 10.6 Å². The number of nitrogens with zero attached hydrogens (tertiary/aromatic N) is 4. The Labute approximate surface area is 204 Å². The molecule has 0 saturated heterocycles. The summed E-state index contributed by atoms with van der Waals surface area (Å²) in [5, 5.41) is 8.15. The Hall–Kier alpha value is -3.69. The Morgan fingerprint density at radius 3 is 2.44 bits per heavy atom. The molecule has 3 heterocycles. The van der Waals surface area contributed by atoms with E-state index in [0.717, 1.165) is 16.1 Å². The third-order valence-corrected chi connectivity index (χ3v) is 7.23. The number of hydrogen-bond acceptors (Lipinski definition) is 6. The number of anilines is 1. The predicted molar refractivity (Wildman–Crippen MR) is 138 cm³/mol. The lowest BCUT2D eigenvalue weighted by Crippen LogP contribution is -2.22. The smallest absolute Gasteiger partial charge is 0.267 e. The first-order valence-electron chi connectivity index (χ1n) is 10.6. The Kier molecular flexibility index (Phi) is 6.04. The highest BCUT2D eigenvalue weighted by atomic mass is 32.2. The monoisotopic (exact) mass is 487 g/mol. The van der Waals surface area contributed by atoms with Gasteiger partial charge in [0.05, 0.1) is 22.5 Å². The molecular weight excluding hydrogens is 466 g/mol. The van der Waals surface area contributed by atoms with E-state index in [9.17, 15) is 9.59 Å². The van der Waals surface area contributed by atoms with E-state index in [0.29, 0.717) is 26.9 Å². The molecule has 0 fully saturated rings. The summed E-state index contributed by atoms with van der Waals surface area (Å²) in [7, 11) is 1.78. The molecule has 5 rings (SSSR count). The van der Waals surface area contributed by atoms with Crippen LogP contribution >= 0.6 is 23.1 Å². The summed E-state index contributed by atoms with van der Waals surface area (Å²) in [5.41, 5.74) is 2.41. The topological polar surface area (TPSA) is 81.8 Å². The van der Waals surface area contributed by atoms with E-state index in [1.165, 1.54) is 23.1 Å². The van der Waals surface area contributed by atoms with E-state index in [2.05, 4.69) is 10.4 Å². The molecule has 170 valence electrons. The van der Waals surface area contributed by atoms with Gasteiger partial charge in [-0.1, -0.05) is 60.3 Å². The molecule has 0 unspecified atom stereocenters. The first-order chi connectivity index (χ1) is 16.5. The molecule has 0 aliphatic heterocycles. The lowest BCUT2D eigenvalue weighted by Gasteiger charge is -2.12. The van der Waals surface area contributed by atoms with Gasteiger partial charge in [-0.05, 0) is 30.7 Å². The number of thiophene rings is 1. The number of aryl methyl sites for hydroxylation is 2. The number of para-hydroxylation sites is 1. The van der Waals surface area contributed by atoms with Crippen LogP contribution in [0.3, 0.4) is 0 Å². The van der Waals surface area contributed by atoms with Crippen molar-refractivity contribution in [2.24, 2.45) is 7.05 Å². The quantitative estimate of drug-likeness (QED) is 0.273. The molecule has 5 aromatic rings. The molecule has 0 spiro atoms. The van der Waals surface area contributed by atoms with Crippen molar-refractivity contribution in [2.45, 2.75) is 12.1 Å². The molecule has 7 nitrogen and oxygen atoms in total. The van der Waals surface area contributed by atoms with E-state index in [4.69, 9.17) is 4.98 Å². The van der Waals surface area contributed by atoms with Gasteiger partial charge in [-0.25, -0.2) is 4.98 Å². The number of carbonyl (C=O) groups excluding carboxylic acids is 1. The lowest BCUT2D eigenvalue weighted by molar-refractivity contribution is -0.113. The standard InChI is InChI=1S/C25H21N5O2S2/c1-16-13-21(29(2)28-16)26-22(31)15-33-25-27-23-19(14-20(34-23)17-9-5-3-6-10-17)24(32)30(25)18-11-7-4-8-12-18/h3-14H,15H2,1-2H3,(H,26,31). The molecule has 3 aromatic heterocycles. The fourth-order valence-corrected chi connectivity index (χ4v) is 5.54. The number of nitrogens with one attached hydrogen (secondary N) is 1. The number of aromatic nitrogens is 4. The molecule has 9 heteroatoms. The van der Waals surface area contributed by atoms with Crippen LogP contribution in [0.1, 0.15) is 5.69 Å². The molecule has 0 radical (unpaired) electrons. The van der Waals surface area contributed by atoms with Crippen molar-refractivity contribution in [1.82, 2.24) is 19.3 Å². The maximum absolute atomic E-state index is 13.6. The zero-order valence-electron chi connectivity index (χ0n) is 18.6. The van der Waals surface area contributed by atoms with E-state index >= 15 is 0 Å². The van der Waals surface area contributed by atoms with Crippen LogP contribution in [-0.4, -0.2) is 31.0 Å². The normalized spacial score (nSPS) is 11.1. The van der Waals surface area contributed by atoms with Crippen LogP contribution in [0.25, 0.3) is 26.3 Å². The fourth-order valence-electron chi connectivity index (χ4n) is 3.64. The number of thioether (sulfide) groups is 1. The van der Waals surface area contributed by atoms with Gasteiger partial charge in [-0.15, -0.1) is 11.3 Å². The number of hydrogen-bond donors (Lipinski definition) is 1. The average molecular weight is 488 g/mol. The van der Waals surface area contributed by atoms with E-state index in [1.807, 2.05) is 79.7 Å². The van der Waals surface area contributed by atoms with Crippen molar-refractivity contribution in [1.29, 1.82) is 0 Å². The van der Waals surface area contributed by atoms with Gasteiger partial charge in [0.25, 0.3) is 5.56 Å². The van der Waals surface area contributed by atoms with Crippen LogP contribution in [0.5, 0.6) is 0 Å². The van der Waals surface area contributed by atoms with Crippen molar-refractivity contribution in [3.63, 3.8) is 0 Å². The third-order valence-electron chi connectivity index (χ3n) is 5.21. The van der Waals surface area contributed by atoms with Gasteiger partial charge in [0.15, 0.2) is 5.16 Å². The maximum atomic E-state index is 13.6. The summed E-state index contributed by atoms with van der Waals surface area (Å²) >= 11 is 2.71. The lowest BCUT2D eigenvalue weighted by atomic mass is 10.2. The molecule has 0 aliphatic carbocycles. The minimum Gasteiger partial charge on any atom is -0.310 e. The number of carbonyl (C=O) groups is 1. The van der Waals surface area contributed by atoms with Crippen LogP contribution in [0, 0.1) is 6.92 Å². The van der Waals surface area contributed by atoms with Crippen molar-refractivity contribution >= 4 is 45.0 Å². The zero-order valence-corrected chi connectivity index (χ0v) is 20.2. The number of rotatable bonds is 6. The highest BCUT2D eigenvalue weighted by molar-refractivity contribution is 7.99. The third kappa shape index (κ3) is 4.40. The summed E-state index contributed by atoms with van der Waals surface area (Å²) in [6.45, 7) is 1.87. The average Bonchev–Trinajstić information content (AvgIpc) is 3.41. The number of amides is 1. The van der Waals surface area contributed by atoms with Crippen LogP contribution in [0.2, 0.25) is 0 Å². The molecular formula is C25H21N5O2S2. The zero-order chi connectivity index (χ0) is 23.7. The molecule has 2 aromatic carbocycles. The molecule has 0 saturated carbocycles. The summed E-state index contributed by atoms with van der Waals surface area (Å²) in [6.07, 6.45) is 0. The fraction of sp³-hybridized carbons (Fsp3) is 0.120. The van der Waals surface area contributed by atoms with Crippen LogP contribution < -0.4 is 10.9 Å². The first kappa shape index (κ1) is 22.1. The minimum atomic E-state index is -0.196. The molecule has 1 amide bonds. The second kappa shape index (κ2) is 9.28. The van der Waals surface area contributed by atoms with Gasteiger partial charge < -0.3 is 5.32 Å². The van der Waals surface area contributed by atoms with Gasteiger partial charge in [-0.2, -0.15) is 5.10 Å². The number of benzene rings is 2. The summed E-state index contributed by atoms with van der Waals surface area (Å²) in [5.74, 6) is 0.530. The highest BCUT2D eigenvalue weighted by Gasteiger charge is 2.18. The van der Waals surface area contributed by atoms with Gasteiger partial charge >= 0.3 is 0 Å². The Bertz CT molecular complexity index is 1540. The first-order valence-corrected chi connectivity index (χ1v) is 12.4. The molecule has 0 atom stereocenters. The Morgan fingerprint density at radius 2 is 1.76 bits per heavy atom.